The quantitative estimate of drug-likeness (QED) is 0.796. The van der Waals surface area contributed by atoms with E-state index in [0.29, 0.717) is 23.2 Å². The van der Waals surface area contributed by atoms with Crippen LogP contribution in [0.5, 0.6) is 0 Å². The molecule has 0 bridgehead atoms. The largest absolute Gasteiger partial charge is 0.394 e. The van der Waals surface area contributed by atoms with Crippen LogP contribution in [-0.2, 0) is 0 Å². The van der Waals surface area contributed by atoms with Gasteiger partial charge in [0.15, 0.2) is 5.82 Å². The van der Waals surface area contributed by atoms with Gasteiger partial charge in [0.1, 0.15) is 0 Å². The molecule has 1 fully saturated rings. The summed E-state index contributed by atoms with van der Waals surface area (Å²) in [6, 6.07) is 0.437. The van der Waals surface area contributed by atoms with Gasteiger partial charge in [-0.1, -0.05) is 0 Å². The van der Waals surface area contributed by atoms with Gasteiger partial charge in [0.05, 0.1) is 11.4 Å². The number of nitrogen functional groups attached to an aromatic ring is 1. The molecule has 1 aliphatic rings. The molecule has 1 aromatic rings. The molecule has 0 aromatic carbocycles. The summed E-state index contributed by atoms with van der Waals surface area (Å²) in [5.41, 5.74) is 7.23. The van der Waals surface area contributed by atoms with Gasteiger partial charge in [-0.15, -0.1) is 0 Å². The van der Waals surface area contributed by atoms with Crippen LogP contribution in [0.4, 0.5) is 11.5 Å². The predicted octanol–water partition coefficient (Wildman–Crippen LogP) is 0.678. The standard InChI is InChI=1S/C12H21ClN6/c1-8-10(14)11(17-12(13)16-8)15-6-9-7-18(2)4-5-19(9)3/h9H,4-7,14H2,1-3H3,(H,15,16,17). The number of nitrogens with one attached hydrogen (secondary N) is 1. The number of likely N-dealkylation sites (N-methyl/N-ethyl adjacent to an activating group) is 2. The van der Waals surface area contributed by atoms with Crippen LogP contribution in [0.2, 0.25) is 5.28 Å². The molecule has 0 spiro atoms. The van der Waals surface area contributed by atoms with E-state index in [9.17, 15) is 0 Å². The summed E-state index contributed by atoms with van der Waals surface area (Å²) in [6.45, 7) is 5.82. The third-order valence-electron chi connectivity index (χ3n) is 3.59. The molecule has 0 aliphatic carbocycles. The zero-order valence-corrected chi connectivity index (χ0v) is 12.4. The van der Waals surface area contributed by atoms with E-state index in [1.807, 2.05) is 6.92 Å². The average Bonchev–Trinajstić information content (AvgIpc) is 2.35. The van der Waals surface area contributed by atoms with Crippen LogP contribution in [-0.4, -0.2) is 66.1 Å². The molecule has 0 saturated carbocycles. The van der Waals surface area contributed by atoms with E-state index < -0.39 is 0 Å². The highest BCUT2D eigenvalue weighted by molar-refractivity contribution is 6.28. The number of hydrogen-bond acceptors (Lipinski definition) is 6. The second kappa shape index (κ2) is 5.90. The van der Waals surface area contributed by atoms with Crippen molar-refractivity contribution in [2.75, 3.05) is 51.3 Å². The van der Waals surface area contributed by atoms with Crippen molar-refractivity contribution in [3.05, 3.63) is 11.0 Å². The van der Waals surface area contributed by atoms with Crippen molar-refractivity contribution in [1.29, 1.82) is 0 Å². The van der Waals surface area contributed by atoms with Crippen molar-refractivity contribution in [2.45, 2.75) is 13.0 Å². The van der Waals surface area contributed by atoms with Crippen molar-refractivity contribution in [2.24, 2.45) is 0 Å². The van der Waals surface area contributed by atoms with E-state index in [4.69, 9.17) is 17.3 Å². The molecule has 0 radical (unpaired) electrons. The monoisotopic (exact) mass is 284 g/mol. The van der Waals surface area contributed by atoms with Gasteiger partial charge in [-0.2, -0.15) is 4.98 Å². The molecular formula is C12H21ClN6. The van der Waals surface area contributed by atoms with Gasteiger partial charge in [-0.05, 0) is 32.6 Å². The number of halogens is 1. The Morgan fingerprint density at radius 2 is 2.11 bits per heavy atom. The smallest absolute Gasteiger partial charge is 0.224 e. The highest BCUT2D eigenvalue weighted by Gasteiger charge is 2.22. The number of anilines is 2. The van der Waals surface area contributed by atoms with Crippen LogP contribution in [0.1, 0.15) is 5.69 Å². The second-order valence-electron chi connectivity index (χ2n) is 5.12. The molecule has 0 amide bonds. The number of piperazine rings is 1. The number of rotatable bonds is 3. The molecule has 1 aromatic heterocycles. The minimum atomic E-state index is 0.225. The van der Waals surface area contributed by atoms with Gasteiger partial charge in [-0.3, -0.25) is 4.90 Å². The molecule has 7 heteroatoms. The maximum atomic E-state index is 5.96. The number of nitrogens with zero attached hydrogens (tertiary/aromatic N) is 4. The fraction of sp³-hybridized carbons (Fsp3) is 0.667. The molecule has 2 heterocycles. The first kappa shape index (κ1) is 14.3. The number of hydrogen-bond donors (Lipinski definition) is 2. The zero-order chi connectivity index (χ0) is 14.0. The lowest BCUT2D eigenvalue weighted by Gasteiger charge is -2.37. The maximum absolute atomic E-state index is 5.96. The summed E-state index contributed by atoms with van der Waals surface area (Å²) in [4.78, 5) is 12.8. The van der Waals surface area contributed by atoms with Crippen LogP contribution in [0.15, 0.2) is 0 Å². The first-order chi connectivity index (χ1) is 8.97. The minimum absolute atomic E-state index is 0.225. The van der Waals surface area contributed by atoms with Crippen molar-refractivity contribution >= 4 is 23.1 Å². The molecule has 2 rings (SSSR count). The molecule has 3 N–H and O–H groups in total. The third-order valence-corrected chi connectivity index (χ3v) is 3.76. The van der Waals surface area contributed by atoms with Crippen molar-refractivity contribution in [1.82, 2.24) is 19.8 Å². The summed E-state index contributed by atoms with van der Waals surface area (Å²) >= 11 is 5.86. The Hall–Kier alpha value is -1.11. The highest BCUT2D eigenvalue weighted by Crippen LogP contribution is 2.20. The van der Waals surface area contributed by atoms with Gasteiger partial charge in [0, 0.05) is 32.2 Å². The van der Waals surface area contributed by atoms with Gasteiger partial charge < -0.3 is 16.0 Å². The highest BCUT2D eigenvalue weighted by atomic mass is 35.5. The van der Waals surface area contributed by atoms with Crippen LogP contribution in [0.25, 0.3) is 0 Å². The lowest BCUT2D eigenvalue weighted by molar-refractivity contribution is 0.122. The van der Waals surface area contributed by atoms with Crippen LogP contribution in [0.3, 0.4) is 0 Å². The fourth-order valence-corrected chi connectivity index (χ4v) is 2.43. The topological polar surface area (TPSA) is 70.3 Å². The Morgan fingerprint density at radius 1 is 1.37 bits per heavy atom. The van der Waals surface area contributed by atoms with Crippen molar-refractivity contribution in [3.8, 4) is 0 Å². The summed E-state index contributed by atoms with van der Waals surface area (Å²) in [6.07, 6.45) is 0. The van der Waals surface area contributed by atoms with E-state index in [2.05, 4.69) is 39.2 Å². The Bertz CT molecular complexity index is 452. The molecule has 6 nitrogen and oxygen atoms in total. The number of aryl methyl sites for hydroxylation is 1. The SMILES string of the molecule is Cc1nc(Cl)nc(NCC2CN(C)CCN2C)c1N. The van der Waals surface area contributed by atoms with E-state index in [-0.39, 0.29) is 5.28 Å². The van der Waals surface area contributed by atoms with Crippen molar-refractivity contribution < 1.29 is 0 Å². The molecular weight excluding hydrogens is 264 g/mol. The second-order valence-corrected chi connectivity index (χ2v) is 5.46. The zero-order valence-electron chi connectivity index (χ0n) is 11.6. The fourth-order valence-electron chi connectivity index (χ4n) is 2.22. The molecule has 106 valence electrons. The summed E-state index contributed by atoms with van der Waals surface area (Å²) in [7, 11) is 4.28. The Labute approximate surface area is 118 Å². The van der Waals surface area contributed by atoms with Crippen molar-refractivity contribution in [3.63, 3.8) is 0 Å². The van der Waals surface area contributed by atoms with Gasteiger partial charge in [0.2, 0.25) is 5.28 Å². The minimum Gasteiger partial charge on any atom is -0.394 e. The molecule has 1 unspecified atom stereocenters. The van der Waals surface area contributed by atoms with Crippen LogP contribution >= 0.6 is 11.6 Å². The summed E-state index contributed by atoms with van der Waals surface area (Å²) in [5.74, 6) is 0.624. The van der Waals surface area contributed by atoms with E-state index in [1.165, 1.54) is 0 Å². The molecule has 1 saturated heterocycles. The third kappa shape index (κ3) is 3.46. The molecule has 1 aliphatic heterocycles. The Balaban J connectivity index is 2.02. The lowest BCUT2D eigenvalue weighted by Crippen LogP contribution is -2.52. The van der Waals surface area contributed by atoms with Crippen LogP contribution < -0.4 is 11.1 Å². The predicted molar refractivity (Wildman–Crippen MR) is 78.6 cm³/mol. The van der Waals surface area contributed by atoms with Gasteiger partial charge >= 0.3 is 0 Å². The van der Waals surface area contributed by atoms with Gasteiger partial charge in [-0.25, -0.2) is 4.98 Å². The van der Waals surface area contributed by atoms with Gasteiger partial charge in [0.25, 0.3) is 0 Å². The lowest BCUT2D eigenvalue weighted by atomic mass is 10.2. The summed E-state index contributed by atoms with van der Waals surface area (Å²) in [5, 5.41) is 3.51. The van der Waals surface area contributed by atoms with E-state index in [1.54, 1.807) is 0 Å². The first-order valence-corrected chi connectivity index (χ1v) is 6.77. The van der Waals surface area contributed by atoms with Crippen LogP contribution in [0, 0.1) is 6.92 Å². The first-order valence-electron chi connectivity index (χ1n) is 6.39. The summed E-state index contributed by atoms with van der Waals surface area (Å²) < 4.78 is 0. The number of aromatic nitrogens is 2. The number of nitrogens with two attached hydrogens (primary N) is 1. The molecule has 1 atom stereocenters. The average molecular weight is 285 g/mol. The normalized spacial score (nSPS) is 21.6. The van der Waals surface area contributed by atoms with E-state index >= 15 is 0 Å². The molecule has 19 heavy (non-hydrogen) atoms. The van der Waals surface area contributed by atoms with E-state index in [0.717, 1.165) is 26.2 Å². The Morgan fingerprint density at radius 3 is 2.84 bits per heavy atom. The maximum Gasteiger partial charge on any atom is 0.224 e. The Kier molecular flexibility index (Phi) is 4.44.